The first-order chi connectivity index (χ1) is 8.97. The monoisotopic (exact) mass is 269 g/mol. The molecule has 108 valence electrons. The smallest absolute Gasteiger partial charge is 0.307 e. The van der Waals surface area contributed by atoms with E-state index in [0.717, 1.165) is 19.3 Å². The van der Waals surface area contributed by atoms with Crippen LogP contribution in [0, 0.1) is 11.8 Å². The van der Waals surface area contributed by atoms with Gasteiger partial charge in [0.05, 0.1) is 17.9 Å². The molecule has 0 aliphatic heterocycles. The van der Waals surface area contributed by atoms with Crippen molar-refractivity contribution in [2.24, 2.45) is 11.8 Å². The fourth-order valence-electron chi connectivity index (χ4n) is 2.59. The number of carbonyl (C=O) groups is 2. The number of hydrogen-bond donors (Lipinski definition) is 2. The van der Waals surface area contributed by atoms with Gasteiger partial charge in [-0.05, 0) is 32.1 Å². The molecule has 0 radical (unpaired) electrons. The molecule has 0 spiro atoms. The molecule has 0 saturated heterocycles. The lowest BCUT2D eigenvalue weighted by atomic mass is 9.95. The fraction of sp³-hybridized carbons (Fsp3) is 0.714. The Labute approximate surface area is 113 Å². The van der Waals surface area contributed by atoms with Crippen molar-refractivity contribution in [3.63, 3.8) is 0 Å². The Bertz CT molecular complexity index is 342. The van der Waals surface area contributed by atoms with Crippen LogP contribution in [0.3, 0.4) is 0 Å². The second-order valence-corrected chi connectivity index (χ2v) is 5.22. The summed E-state index contributed by atoms with van der Waals surface area (Å²) in [5.74, 6) is -2.49. The molecule has 0 bridgehead atoms. The molecule has 1 aliphatic carbocycles. The van der Waals surface area contributed by atoms with E-state index >= 15 is 0 Å². The van der Waals surface area contributed by atoms with Crippen LogP contribution in [-0.4, -0.2) is 46.7 Å². The van der Waals surface area contributed by atoms with Gasteiger partial charge in [-0.25, -0.2) is 0 Å². The minimum Gasteiger partial charge on any atom is -0.481 e. The highest BCUT2D eigenvalue weighted by Gasteiger charge is 2.43. The summed E-state index contributed by atoms with van der Waals surface area (Å²) in [6.45, 7) is 4.26. The third-order valence-electron chi connectivity index (χ3n) is 3.70. The number of amides is 1. The third-order valence-corrected chi connectivity index (χ3v) is 3.70. The summed E-state index contributed by atoms with van der Waals surface area (Å²) in [6, 6.07) is 0. The van der Waals surface area contributed by atoms with Gasteiger partial charge >= 0.3 is 5.97 Å². The summed E-state index contributed by atoms with van der Waals surface area (Å²) in [5, 5.41) is 18.6. The van der Waals surface area contributed by atoms with Crippen molar-refractivity contribution in [1.29, 1.82) is 0 Å². The SMILES string of the molecule is C=CCCCCN(C)C(=O)[C@@H]1C[C@H](O)C[C@H]1C(=O)O. The van der Waals surface area contributed by atoms with Crippen LogP contribution in [0.25, 0.3) is 0 Å². The minimum absolute atomic E-state index is 0.164. The standard InChI is InChI=1S/C14H23NO4/c1-3-4-5-6-7-15(2)13(17)11-8-10(16)9-12(11)14(18)19/h3,10-12,16H,1,4-9H2,2H3,(H,18,19)/t10-,11+,12+/m0/s1. The molecule has 5 nitrogen and oxygen atoms in total. The number of nitrogens with zero attached hydrogens (tertiary/aromatic N) is 1. The maximum absolute atomic E-state index is 12.2. The van der Waals surface area contributed by atoms with E-state index in [1.54, 1.807) is 11.9 Å². The Hall–Kier alpha value is -1.36. The van der Waals surface area contributed by atoms with E-state index < -0.39 is 23.9 Å². The lowest BCUT2D eigenvalue weighted by Gasteiger charge is -2.23. The predicted octanol–water partition coefficient (Wildman–Crippen LogP) is 1.27. The van der Waals surface area contributed by atoms with Gasteiger partial charge in [0.2, 0.25) is 5.91 Å². The molecular weight excluding hydrogens is 246 g/mol. The zero-order valence-electron chi connectivity index (χ0n) is 11.4. The van der Waals surface area contributed by atoms with Crippen molar-refractivity contribution in [1.82, 2.24) is 4.90 Å². The van der Waals surface area contributed by atoms with Crippen molar-refractivity contribution >= 4 is 11.9 Å². The van der Waals surface area contributed by atoms with Gasteiger partial charge in [0.15, 0.2) is 0 Å². The van der Waals surface area contributed by atoms with Crippen molar-refractivity contribution in [3.05, 3.63) is 12.7 Å². The Balaban J connectivity index is 2.50. The number of unbranched alkanes of at least 4 members (excludes halogenated alkanes) is 2. The Morgan fingerprint density at radius 3 is 2.53 bits per heavy atom. The van der Waals surface area contributed by atoms with E-state index in [-0.39, 0.29) is 18.7 Å². The molecule has 0 aromatic heterocycles. The van der Waals surface area contributed by atoms with Crippen molar-refractivity contribution in [3.8, 4) is 0 Å². The van der Waals surface area contributed by atoms with E-state index in [1.165, 1.54) is 0 Å². The normalized spacial score (nSPS) is 26.1. The summed E-state index contributed by atoms with van der Waals surface area (Å²) in [5.41, 5.74) is 0. The molecule has 0 heterocycles. The molecule has 19 heavy (non-hydrogen) atoms. The van der Waals surface area contributed by atoms with Crippen molar-refractivity contribution in [2.45, 2.75) is 38.2 Å². The lowest BCUT2D eigenvalue weighted by molar-refractivity contribution is -0.148. The van der Waals surface area contributed by atoms with E-state index in [2.05, 4.69) is 6.58 Å². The predicted molar refractivity (Wildman–Crippen MR) is 71.5 cm³/mol. The average molecular weight is 269 g/mol. The van der Waals surface area contributed by atoms with Crippen LogP contribution in [0.4, 0.5) is 0 Å². The molecule has 0 aromatic rings. The molecule has 1 rings (SSSR count). The molecule has 0 unspecified atom stereocenters. The summed E-state index contributed by atoms with van der Waals surface area (Å²) >= 11 is 0. The molecule has 3 atom stereocenters. The van der Waals surface area contributed by atoms with Gasteiger partial charge in [-0.1, -0.05) is 6.08 Å². The quantitative estimate of drug-likeness (QED) is 0.539. The first-order valence-corrected chi connectivity index (χ1v) is 6.74. The number of aliphatic hydroxyl groups excluding tert-OH is 1. The van der Waals surface area contributed by atoms with E-state index in [1.807, 2.05) is 6.08 Å². The molecule has 5 heteroatoms. The van der Waals surface area contributed by atoms with Gasteiger partial charge in [-0.3, -0.25) is 9.59 Å². The summed E-state index contributed by atoms with van der Waals surface area (Å²) in [4.78, 5) is 24.9. The highest BCUT2D eigenvalue weighted by atomic mass is 16.4. The number of rotatable bonds is 7. The number of carboxylic acids is 1. The van der Waals surface area contributed by atoms with Gasteiger partial charge in [-0.2, -0.15) is 0 Å². The highest BCUT2D eigenvalue weighted by molar-refractivity contribution is 5.85. The Morgan fingerprint density at radius 2 is 1.95 bits per heavy atom. The van der Waals surface area contributed by atoms with Gasteiger partial charge in [0.1, 0.15) is 0 Å². The summed E-state index contributed by atoms with van der Waals surface area (Å²) < 4.78 is 0. The summed E-state index contributed by atoms with van der Waals surface area (Å²) in [6.07, 6.45) is 4.36. The van der Waals surface area contributed by atoms with Gasteiger partial charge in [0, 0.05) is 13.6 Å². The topological polar surface area (TPSA) is 77.8 Å². The number of carboxylic acid groups (broad SMARTS) is 1. The zero-order valence-corrected chi connectivity index (χ0v) is 11.4. The van der Waals surface area contributed by atoms with Gasteiger partial charge in [0.25, 0.3) is 0 Å². The van der Waals surface area contributed by atoms with Gasteiger partial charge in [-0.15, -0.1) is 6.58 Å². The largest absolute Gasteiger partial charge is 0.481 e. The first kappa shape index (κ1) is 15.7. The Kier molecular flexibility index (Phi) is 6.02. The molecule has 0 aromatic carbocycles. The molecule has 1 amide bonds. The van der Waals surface area contributed by atoms with Crippen molar-refractivity contribution < 1.29 is 19.8 Å². The van der Waals surface area contributed by atoms with Crippen LogP contribution in [0.2, 0.25) is 0 Å². The molecule has 2 N–H and O–H groups in total. The van der Waals surface area contributed by atoms with E-state index in [4.69, 9.17) is 5.11 Å². The lowest BCUT2D eigenvalue weighted by Crippen LogP contribution is -2.37. The third kappa shape index (κ3) is 4.35. The molecule has 1 aliphatic rings. The van der Waals surface area contributed by atoms with Crippen LogP contribution in [0.5, 0.6) is 0 Å². The number of hydrogen-bond acceptors (Lipinski definition) is 3. The fourth-order valence-corrected chi connectivity index (χ4v) is 2.59. The van der Waals surface area contributed by atoms with E-state index in [9.17, 15) is 14.7 Å². The highest BCUT2D eigenvalue weighted by Crippen LogP contribution is 2.33. The molecule has 1 fully saturated rings. The summed E-state index contributed by atoms with van der Waals surface area (Å²) in [7, 11) is 1.69. The van der Waals surface area contributed by atoms with Crippen LogP contribution in [0.1, 0.15) is 32.1 Å². The maximum Gasteiger partial charge on any atom is 0.307 e. The zero-order chi connectivity index (χ0) is 14.4. The minimum atomic E-state index is -0.991. The van der Waals surface area contributed by atoms with Crippen LogP contribution in [0.15, 0.2) is 12.7 Å². The second kappa shape index (κ2) is 7.28. The molecule has 1 saturated carbocycles. The average Bonchev–Trinajstić information content (AvgIpc) is 2.75. The van der Waals surface area contributed by atoms with Crippen LogP contribution in [-0.2, 0) is 9.59 Å². The maximum atomic E-state index is 12.2. The van der Waals surface area contributed by atoms with Crippen LogP contribution >= 0.6 is 0 Å². The number of aliphatic carboxylic acids is 1. The van der Waals surface area contributed by atoms with Crippen LogP contribution < -0.4 is 0 Å². The number of carbonyl (C=O) groups excluding carboxylic acids is 1. The van der Waals surface area contributed by atoms with Crippen molar-refractivity contribution in [2.75, 3.05) is 13.6 Å². The number of aliphatic hydroxyl groups is 1. The van der Waals surface area contributed by atoms with Gasteiger partial charge < -0.3 is 15.1 Å². The van der Waals surface area contributed by atoms with E-state index in [0.29, 0.717) is 6.54 Å². The molecular formula is C14H23NO4. The second-order valence-electron chi connectivity index (χ2n) is 5.22. The number of allylic oxidation sites excluding steroid dienone is 1. The first-order valence-electron chi connectivity index (χ1n) is 6.74. The Morgan fingerprint density at radius 1 is 1.32 bits per heavy atom.